The fraction of sp³-hybridized carbons (Fsp3) is 0.812. The molecular formula is C16H26O2. The van der Waals surface area contributed by atoms with Crippen molar-refractivity contribution < 1.29 is 9.53 Å². The minimum Gasteiger partial charge on any atom is -0.462 e. The van der Waals surface area contributed by atoms with Gasteiger partial charge in [0.1, 0.15) is 6.10 Å². The molecule has 0 aromatic heterocycles. The van der Waals surface area contributed by atoms with Crippen molar-refractivity contribution in [2.24, 2.45) is 17.3 Å². The minimum atomic E-state index is -0.116. The first kappa shape index (κ1) is 13.6. The Labute approximate surface area is 111 Å². The SMILES string of the molecule is CCC1CC(C)=CC(C)C12CCCC2OC(C)=O. The second-order valence-corrected chi connectivity index (χ2v) is 6.21. The van der Waals surface area contributed by atoms with Gasteiger partial charge >= 0.3 is 5.97 Å². The first-order valence-electron chi connectivity index (χ1n) is 7.35. The van der Waals surface area contributed by atoms with Gasteiger partial charge in [0.15, 0.2) is 0 Å². The summed E-state index contributed by atoms with van der Waals surface area (Å²) in [7, 11) is 0. The summed E-state index contributed by atoms with van der Waals surface area (Å²) < 4.78 is 5.67. The number of hydrogen-bond acceptors (Lipinski definition) is 2. The zero-order valence-corrected chi connectivity index (χ0v) is 12.2. The highest BCUT2D eigenvalue weighted by Crippen LogP contribution is 2.56. The van der Waals surface area contributed by atoms with E-state index in [1.54, 1.807) is 6.92 Å². The molecule has 0 aromatic carbocycles. The molecule has 102 valence electrons. The van der Waals surface area contributed by atoms with Crippen molar-refractivity contribution >= 4 is 5.97 Å². The van der Waals surface area contributed by atoms with Crippen molar-refractivity contribution in [1.82, 2.24) is 0 Å². The number of hydrogen-bond donors (Lipinski definition) is 0. The lowest BCUT2D eigenvalue weighted by Gasteiger charge is -2.48. The first-order valence-corrected chi connectivity index (χ1v) is 7.35. The van der Waals surface area contributed by atoms with Crippen molar-refractivity contribution in [3.8, 4) is 0 Å². The highest BCUT2D eigenvalue weighted by Gasteiger charge is 2.53. The number of allylic oxidation sites excluding steroid dienone is 2. The summed E-state index contributed by atoms with van der Waals surface area (Å²) in [6.45, 7) is 8.37. The van der Waals surface area contributed by atoms with Crippen LogP contribution in [0.4, 0.5) is 0 Å². The number of carbonyl (C=O) groups excluding carboxylic acids is 1. The molecule has 4 unspecified atom stereocenters. The normalized spacial score (nSPS) is 39.8. The molecule has 1 saturated carbocycles. The molecule has 0 saturated heterocycles. The van der Waals surface area contributed by atoms with Crippen molar-refractivity contribution in [2.75, 3.05) is 0 Å². The van der Waals surface area contributed by atoms with Gasteiger partial charge < -0.3 is 4.74 Å². The monoisotopic (exact) mass is 250 g/mol. The van der Waals surface area contributed by atoms with Crippen LogP contribution in [0.25, 0.3) is 0 Å². The van der Waals surface area contributed by atoms with E-state index in [9.17, 15) is 4.79 Å². The first-order chi connectivity index (χ1) is 8.50. The lowest BCUT2D eigenvalue weighted by molar-refractivity contribution is -0.157. The number of carbonyl (C=O) groups is 1. The Hall–Kier alpha value is -0.790. The average molecular weight is 250 g/mol. The van der Waals surface area contributed by atoms with Crippen molar-refractivity contribution in [2.45, 2.75) is 65.9 Å². The zero-order valence-electron chi connectivity index (χ0n) is 12.2. The van der Waals surface area contributed by atoms with Crippen molar-refractivity contribution in [3.05, 3.63) is 11.6 Å². The average Bonchev–Trinajstić information content (AvgIpc) is 2.68. The third-order valence-corrected chi connectivity index (χ3v) is 5.19. The quantitative estimate of drug-likeness (QED) is 0.545. The van der Waals surface area contributed by atoms with Crippen LogP contribution in [0.3, 0.4) is 0 Å². The summed E-state index contributed by atoms with van der Waals surface area (Å²) in [6, 6.07) is 0. The molecule has 1 fully saturated rings. The van der Waals surface area contributed by atoms with Crippen LogP contribution in [-0.2, 0) is 9.53 Å². The molecule has 0 radical (unpaired) electrons. The van der Waals surface area contributed by atoms with E-state index in [0.717, 1.165) is 6.42 Å². The predicted molar refractivity (Wildman–Crippen MR) is 73.2 cm³/mol. The van der Waals surface area contributed by atoms with Crippen LogP contribution in [0, 0.1) is 17.3 Å². The molecule has 0 heterocycles. The largest absolute Gasteiger partial charge is 0.462 e. The van der Waals surface area contributed by atoms with Crippen LogP contribution < -0.4 is 0 Å². The number of ether oxygens (including phenoxy) is 1. The van der Waals surface area contributed by atoms with Crippen LogP contribution in [0.2, 0.25) is 0 Å². The van der Waals surface area contributed by atoms with Gasteiger partial charge in [-0.1, -0.05) is 31.9 Å². The van der Waals surface area contributed by atoms with Gasteiger partial charge in [0, 0.05) is 12.3 Å². The van der Waals surface area contributed by atoms with E-state index < -0.39 is 0 Å². The van der Waals surface area contributed by atoms with E-state index in [1.165, 1.54) is 31.3 Å². The molecule has 2 nitrogen and oxygen atoms in total. The lowest BCUT2D eigenvalue weighted by Crippen LogP contribution is -2.46. The Bertz CT molecular complexity index is 358. The molecule has 2 aliphatic carbocycles. The van der Waals surface area contributed by atoms with Gasteiger partial charge in [0.25, 0.3) is 0 Å². The van der Waals surface area contributed by atoms with E-state index in [1.807, 2.05) is 0 Å². The second kappa shape index (κ2) is 5.07. The molecule has 2 heteroatoms. The minimum absolute atomic E-state index is 0.116. The summed E-state index contributed by atoms with van der Waals surface area (Å²) in [4.78, 5) is 11.4. The van der Waals surface area contributed by atoms with E-state index in [-0.39, 0.29) is 17.5 Å². The van der Waals surface area contributed by atoms with Gasteiger partial charge in [-0.25, -0.2) is 0 Å². The molecular weight excluding hydrogens is 224 g/mol. The van der Waals surface area contributed by atoms with Crippen LogP contribution >= 0.6 is 0 Å². The summed E-state index contributed by atoms with van der Waals surface area (Å²) in [5.74, 6) is 1.09. The predicted octanol–water partition coefficient (Wildman–Crippen LogP) is 4.10. The van der Waals surface area contributed by atoms with E-state index in [0.29, 0.717) is 11.8 Å². The molecule has 4 atom stereocenters. The van der Waals surface area contributed by atoms with Crippen LogP contribution in [0.15, 0.2) is 11.6 Å². The van der Waals surface area contributed by atoms with Crippen LogP contribution in [-0.4, -0.2) is 12.1 Å². The van der Waals surface area contributed by atoms with E-state index in [4.69, 9.17) is 4.74 Å². The Balaban J connectivity index is 2.33. The highest BCUT2D eigenvalue weighted by atomic mass is 16.5. The van der Waals surface area contributed by atoms with Gasteiger partial charge in [-0.05, 0) is 44.4 Å². The maximum absolute atomic E-state index is 11.4. The third kappa shape index (κ3) is 2.10. The fourth-order valence-electron chi connectivity index (χ4n) is 4.51. The molecule has 18 heavy (non-hydrogen) atoms. The molecule has 0 N–H and O–H groups in total. The Morgan fingerprint density at radius 2 is 2.28 bits per heavy atom. The van der Waals surface area contributed by atoms with Crippen LogP contribution in [0.5, 0.6) is 0 Å². The third-order valence-electron chi connectivity index (χ3n) is 5.19. The van der Waals surface area contributed by atoms with Gasteiger partial charge in [0.2, 0.25) is 0 Å². The smallest absolute Gasteiger partial charge is 0.302 e. The summed E-state index contributed by atoms with van der Waals surface area (Å²) in [5, 5.41) is 0. The van der Waals surface area contributed by atoms with Crippen molar-refractivity contribution in [3.63, 3.8) is 0 Å². The second-order valence-electron chi connectivity index (χ2n) is 6.21. The van der Waals surface area contributed by atoms with Crippen molar-refractivity contribution in [1.29, 1.82) is 0 Å². The van der Waals surface area contributed by atoms with Gasteiger partial charge in [0.05, 0.1) is 0 Å². The number of esters is 1. The Morgan fingerprint density at radius 3 is 2.89 bits per heavy atom. The molecule has 0 aliphatic heterocycles. The van der Waals surface area contributed by atoms with Gasteiger partial charge in [-0.2, -0.15) is 0 Å². The van der Waals surface area contributed by atoms with E-state index >= 15 is 0 Å². The number of rotatable bonds is 2. The molecule has 2 rings (SSSR count). The molecule has 0 amide bonds. The topological polar surface area (TPSA) is 26.3 Å². The fourth-order valence-corrected chi connectivity index (χ4v) is 4.51. The van der Waals surface area contributed by atoms with Gasteiger partial charge in [-0.3, -0.25) is 4.79 Å². The Morgan fingerprint density at radius 1 is 1.56 bits per heavy atom. The molecule has 0 aromatic rings. The molecule has 2 aliphatic rings. The standard InChI is InChI=1S/C16H26O2/c1-5-14-10-11(2)9-12(3)16(14)8-6-7-15(16)18-13(4)17/h9,12,14-15H,5-8,10H2,1-4H3. The zero-order chi connectivity index (χ0) is 13.3. The summed E-state index contributed by atoms with van der Waals surface area (Å²) >= 11 is 0. The lowest BCUT2D eigenvalue weighted by atomic mass is 9.59. The maximum atomic E-state index is 11.4. The highest BCUT2D eigenvalue weighted by molar-refractivity contribution is 5.66. The molecule has 0 bridgehead atoms. The van der Waals surface area contributed by atoms with E-state index in [2.05, 4.69) is 26.8 Å². The Kier molecular flexibility index (Phi) is 3.84. The van der Waals surface area contributed by atoms with Crippen LogP contribution in [0.1, 0.15) is 59.8 Å². The maximum Gasteiger partial charge on any atom is 0.302 e. The molecule has 1 spiro atoms. The summed E-state index contributed by atoms with van der Waals surface area (Å²) in [5.41, 5.74) is 1.72. The summed E-state index contributed by atoms with van der Waals surface area (Å²) in [6.07, 6.45) is 8.38. The van der Waals surface area contributed by atoms with Gasteiger partial charge in [-0.15, -0.1) is 0 Å².